The number of halogens is 5. The van der Waals surface area contributed by atoms with Gasteiger partial charge in [-0.25, -0.2) is 22.7 Å². The molecule has 9 heteroatoms. The number of hydrogen-bond acceptors (Lipinski definition) is 2. The fourth-order valence-electron chi connectivity index (χ4n) is 2.00. The Labute approximate surface area is 136 Å². The van der Waals surface area contributed by atoms with Crippen LogP contribution in [0.1, 0.15) is 5.56 Å². The Morgan fingerprint density at radius 3 is 2.52 bits per heavy atom. The van der Waals surface area contributed by atoms with Gasteiger partial charge in [0.05, 0.1) is 11.8 Å². The first-order valence-corrected chi connectivity index (χ1v) is 7.02. The zero-order valence-electron chi connectivity index (χ0n) is 11.7. The minimum atomic E-state index is -1.75. The van der Waals surface area contributed by atoms with Crippen LogP contribution >= 0.6 is 15.9 Å². The minimum absolute atomic E-state index is 0.0237. The van der Waals surface area contributed by atoms with Crippen molar-refractivity contribution in [2.75, 3.05) is 6.93 Å². The van der Waals surface area contributed by atoms with Crippen LogP contribution in [0.2, 0.25) is 0 Å². The number of rotatable bonds is 1. The molecule has 0 atom stereocenters. The monoisotopic (exact) mass is 391 g/mol. The molecule has 4 nitrogen and oxygen atoms in total. The number of hydrogen-bond donors (Lipinski definition) is 0. The third kappa shape index (κ3) is 3.29. The first kappa shape index (κ1) is 17.2. The van der Waals surface area contributed by atoms with Gasteiger partial charge in [-0.3, -0.25) is 9.20 Å². The molecule has 3 rings (SSSR count). The summed E-state index contributed by atoms with van der Waals surface area (Å²) in [7, 11) is 0. The Kier molecular flexibility index (Phi) is 5.19. The Morgan fingerprint density at radius 2 is 1.87 bits per heavy atom. The molecule has 0 saturated heterocycles. The van der Waals surface area contributed by atoms with Crippen LogP contribution in [0.25, 0.3) is 11.5 Å². The first-order valence-electron chi connectivity index (χ1n) is 6.23. The van der Waals surface area contributed by atoms with Crippen LogP contribution in [0, 0.1) is 18.7 Å². The molecular weight excluding hydrogens is 382 g/mol. The summed E-state index contributed by atoms with van der Waals surface area (Å²) in [5, 5.41) is 0. The molecule has 0 aliphatic rings. The van der Waals surface area contributed by atoms with E-state index in [1.807, 2.05) is 0 Å². The number of benzene rings is 1. The van der Waals surface area contributed by atoms with E-state index in [-0.39, 0.29) is 11.5 Å². The highest BCUT2D eigenvalue weighted by molar-refractivity contribution is 9.10. The molecule has 0 bridgehead atoms. The molecule has 23 heavy (non-hydrogen) atoms. The molecule has 0 amide bonds. The van der Waals surface area contributed by atoms with Gasteiger partial charge >= 0.3 is 0 Å². The lowest BCUT2D eigenvalue weighted by Gasteiger charge is -2.11. The van der Waals surface area contributed by atoms with Crippen LogP contribution in [0.15, 0.2) is 39.9 Å². The Hall–Kier alpha value is -2.16. The molecule has 1 aromatic carbocycles. The normalized spacial score (nSPS) is 10.5. The number of nitrogens with zero attached hydrogens (tertiary/aromatic N) is 3. The van der Waals surface area contributed by atoms with Crippen molar-refractivity contribution >= 4 is 21.7 Å². The van der Waals surface area contributed by atoms with Crippen molar-refractivity contribution in [3.8, 4) is 5.69 Å². The number of fused-ring (bicyclic) bond motifs is 1. The molecule has 0 aliphatic carbocycles. The van der Waals surface area contributed by atoms with Crippen molar-refractivity contribution in [1.82, 2.24) is 14.0 Å². The lowest BCUT2D eigenvalue weighted by molar-refractivity contribution is 0.295. The lowest BCUT2D eigenvalue weighted by atomic mass is 10.2. The molecule has 2 aromatic heterocycles. The first-order chi connectivity index (χ1) is 10.9. The zero-order valence-corrected chi connectivity index (χ0v) is 13.3. The Bertz CT molecular complexity index is 907. The van der Waals surface area contributed by atoms with Gasteiger partial charge in [0.25, 0.3) is 5.56 Å². The Morgan fingerprint density at radius 1 is 1.22 bits per heavy atom. The molecule has 0 N–H and O–H groups in total. The fraction of sp³-hybridized carbons (Fsp3) is 0.143. The summed E-state index contributed by atoms with van der Waals surface area (Å²) in [6.45, 7) is 0.0182. The quantitative estimate of drug-likeness (QED) is 0.468. The molecule has 3 aromatic rings. The number of aromatic nitrogens is 3. The molecule has 0 spiro atoms. The van der Waals surface area contributed by atoms with Crippen molar-refractivity contribution in [1.29, 1.82) is 0 Å². The maximum absolute atomic E-state index is 14.1. The van der Waals surface area contributed by atoms with E-state index in [2.05, 4.69) is 20.9 Å². The summed E-state index contributed by atoms with van der Waals surface area (Å²) in [6, 6.07) is 3.57. The van der Waals surface area contributed by atoms with E-state index < -0.39 is 24.3 Å². The van der Waals surface area contributed by atoms with E-state index in [1.54, 1.807) is 6.92 Å². The van der Waals surface area contributed by atoms with E-state index >= 15 is 0 Å². The fourth-order valence-corrected chi connectivity index (χ4v) is 2.32. The van der Waals surface area contributed by atoms with Gasteiger partial charge in [-0.2, -0.15) is 4.39 Å². The van der Waals surface area contributed by atoms with Crippen LogP contribution < -0.4 is 5.56 Å². The van der Waals surface area contributed by atoms with Gasteiger partial charge in [0.1, 0.15) is 5.82 Å². The maximum atomic E-state index is 14.1. The third-order valence-electron chi connectivity index (χ3n) is 2.98. The molecule has 0 saturated carbocycles. The third-order valence-corrected chi connectivity index (χ3v) is 3.84. The highest BCUT2D eigenvalue weighted by atomic mass is 79.9. The summed E-state index contributed by atoms with van der Waals surface area (Å²) in [5.74, 6) is -1.32. The van der Waals surface area contributed by atoms with Crippen LogP contribution in [0.4, 0.5) is 17.6 Å². The number of imidazole rings is 1. The van der Waals surface area contributed by atoms with Gasteiger partial charge in [-0.05, 0) is 24.6 Å². The van der Waals surface area contributed by atoms with Gasteiger partial charge in [0.15, 0.2) is 0 Å². The second kappa shape index (κ2) is 6.95. The smallest absolute Gasteiger partial charge is 0.262 e. The predicted molar refractivity (Wildman–Crippen MR) is 80.2 cm³/mol. The zero-order chi connectivity index (χ0) is 17.1. The molecule has 0 radical (unpaired) electrons. The number of alkyl halides is 2. The van der Waals surface area contributed by atoms with Crippen LogP contribution in [0.3, 0.4) is 0 Å². The van der Waals surface area contributed by atoms with E-state index in [9.17, 15) is 22.4 Å². The largest absolute Gasteiger partial charge is 0.269 e. The number of aryl methyl sites for hydroxylation is 1. The van der Waals surface area contributed by atoms with Crippen molar-refractivity contribution in [2.24, 2.45) is 0 Å². The average Bonchev–Trinajstić information content (AvgIpc) is 2.95. The van der Waals surface area contributed by atoms with E-state index in [0.717, 1.165) is 20.6 Å². The topological polar surface area (TPSA) is 39.3 Å². The summed E-state index contributed by atoms with van der Waals surface area (Å²) < 4.78 is 49.7. The summed E-state index contributed by atoms with van der Waals surface area (Å²) >= 11 is 3.22. The van der Waals surface area contributed by atoms with Crippen molar-refractivity contribution in [2.45, 2.75) is 6.92 Å². The van der Waals surface area contributed by atoms with Gasteiger partial charge in [-0.1, -0.05) is 15.9 Å². The standard InChI is InChI=1S/C13H8BrF2N3O.CH2F2/c1-7-4-10(9(15)5-8(7)14)19-12(20)6-11(16)18-3-2-17-13(18)19;2-1-3/h2-6H,1H3;1H2. The van der Waals surface area contributed by atoms with Gasteiger partial charge < -0.3 is 0 Å². The second-order valence-corrected chi connectivity index (χ2v) is 5.25. The SMILES string of the molecule is Cc1cc(-n2c(=O)cc(F)n3ccnc23)c(F)cc1Br.FCF. The molecule has 0 fully saturated rings. The van der Waals surface area contributed by atoms with Crippen molar-refractivity contribution in [3.05, 3.63) is 62.7 Å². The van der Waals surface area contributed by atoms with Crippen molar-refractivity contribution < 1.29 is 17.6 Å². The second-order valence-electron chi connectivity index (χ2n) is 4.39. The van der Waals surface area contributed by atoms with E-state index in [1.165, 1.54) is 24.5 Å². The summed E-state index contributed by atoms with van der Waals surface area (Å²) in [6.07, 6.45) is 2.71. The van der Waals surface area contributed by atoms with E-state index in [0.29, 0.717) is 4.47 Å². The molecule has 122 valence electrons. The van der Waals surface area contributed by atoms with Crippen LogP contribution in [-0.2, 0) is 0 Å². The van der Waals surface area contributed by atoms with Gasteiger partial charge in [0, 0.05) is 16.9 Å². The van der Waals surface area contributed by atoms with Gasteiger partial charge in [0.2, 0.25) is 18.7 Å². The predicted octanol–water partition coefficient (Wildman–Crippen LogP) is 3.72. The summed E-state index contributed by atoms with van der Waals surface area (Å²) in [5.41, 5.74) is 0.107. The highest BCUT2D eigenvalue weighted by Crippen LogP contribution is 2.23. The van der Waals surface area contributed by atoms with Crippen molar-refractivity contribution in [3.63, 3.8) is 0 Å². The minimum Gasteiger partial charge on any atom is -0.269 e. The maximum Gasteiger partial charge on any atom is 0.262 e. The molecule has 0 unspecified atom stereocenters. The molecule has 0 aliphatic heterocycles. The average molecular weight is 392 g/mol. The Balaban J connectivity index is 0.000000595. The van der Waals surface area contributed by atoms with Gasteiger partial charge in [-0.15, -0.1) is 0 Å². The lowest BCUT2D eigenvalue weighted by Crippen LogP contribution is -2.22. The molecular formula is C14H10BrF4N3O. The van der Waals surface area contributed by atoms with Crippen LogP contribution in [0.5, 0.6) is 0 Å². The molecule has 2 heterocycles. The van der Waals surface area contributed by atoms with Crippen LogP contribution in [-0.4, -0.2) is 20.9 Å². The summed E-state index contributed by atoms with van der Waals surface area (Å²) in [4.78, 5) is 15.9. The highest BCUT2D eigenvalue weighted by Gasteiger charge is 2.15. The van der Waals surface area contributed by atoms with E-state index in [4.69, 9.17) is 0 Å².